The SMILES string of the molecule is CC.CC.CC(C)CCCCC1CCC2C(C3O[C@H](C)C4(C)CCCCC4C3=O)C(C)CCC12C. The Bertz CT molecular complexity index is 641. The van der Waals surface area contributed by atoms with E-state index in [0.29, 0.717) is 29.0 Å². The van der Waals surface area contributed by atoms with Crippen LogP contribution in [0.5, 0.6) is 0 Å². The minimum absolute atomic E-state index is 0.0711. The molecule has 8 unspecified atom stereocenters. The van der Waals surface area contributed by atoms with Crippen LogP contribution in [0, 0.1) is 46.3 Å². The number of Topliss-reactive ketones (excluding diaryl/α,β-unsaturated/α-hetero) is 1. The van der Waals surface area contributed by atoms with E-state index in [1.165, 1.54) is 64.2 Å². The lowest BCUT2D eigenvalue weighted by Crippen LogP contribution is -2.59. The second-order valence-corrected chi connectivity index (χ2v) is 13.1. The summed E-state index contributed by atoms with van der Waals surface area (Å²) >= 11 is 0. The zero-order valence-corrected chi connectivity index (χ0v) is 25.4. The zero-order chi connectivity index (χ0) is 26.4. The number of unbranched alkanes of at least 4 members (excludes halogenated alkanes) is 1. The van der Waals surface area contributed by atoms with E-state index in [0.717, 1.165) is 24.7 Å². The van der Waals surface area contributed by atoms with Crippen molar-refractivity contribution in [2.75, 3.05) is 0 Å². The van der Waals surface area contributed by atoms with Crippen LogP contribution in [0.2, 0.25) is 0 Å². The molecule has 35 heavy (non-hydrogen) atoms. The molecule has 1 aliphatic heterocycles. The average molecular weight is 491 g/mol. The third kappa shape index (κ3) is 6.21. The van der Waals surface area contributed by atoms with Gasteiger partial charge in [0.15, 0.2) is 5.78 Å². The van der Waals surface area contributed by atoms with Crippen LogP contribution in [-0.4, -0.2) is 18.0 Å². The smallest absolute Gasteiger partial charge is 0.165 e. The minimum Gasteiger partial charge on any atom is -0.367 e. The predicted octanol–water partition coefficient (Wildman–Crippen LogP) is 9.89. The van der Waals surface area contributed by atoms with Crippen molar-refractivity contribution in [1.29, 1.82) is 0 Å². The molecule has 0 bridgehead atoms. The lowest BCUT2D eigenvalue weighted by Gasteiger charge is -2.56. The largest absolute Gasteiger partial charge is 0.367 e. The fraction of sp³-hybridized carbons (Fsp3) is 0.970. The second kappa shape index (κ2) is 13.4. The fourth-order valence-electron chi connectivity index (χ4n) is 8.65. The van der Waals surface area contributed by atoms with E-state index in [2.05, 4.69) is 41.5 Å². The summed E-state index contributed by atoms with van der Waals surface area (Å²) in [5.41, 5.74) is 0.497. The van der Waals surface area contributed by atoms with Gasteiger partial charge in [0, 0.05) is 11.3 Å². The van der Waals surface area contributed by atoms with Crippen molar-refractivity contribution in [2.24, 2.45) is 46.3 Å². The number of fused-ring (bicyclic) bond motifs is 2. The Kier molecular flexibility index (Phi) is 11.8. The third-order valence-electron chi connectivity index (χ3n) is 11.0. The lowest BCUT2D eigenvalue weighted by atomic mass is 9.54. The molecule has 1 heterocycles. The highest BCUT2D eigenvalue weighted by molar-refractivity contribution is 5.87. The molecule has 4 fully saturated rings. The maximum Gasteiger partial charge on any atom is 0.165 e. The number of hydrogen-bond donors (Lipinski definition) is 0. The van der Waals surface area contributed by atoms with Crippen LogP contribution in [0.15, 0.2) is 0 Å². The fourth-order valence-corrected chi connectivity index (χ4v) is 8.65. The molecule has 0 N–H and O–H groups in total. The van der Waals surface area contributed by atoms with Gasteiger partial charge in [-0.2, -0.15) is 0 Å². The number of hydrogen-bond acceptors (Lipinski definition) is 2. The highest BCUT2D eigenvalue weighted by Crippen LogP contribution is 2.62. The number of carbonyl (C=O) groups is 1. The van der Waals surface area contributed by atoms with Gasteiger partial charge < -0.3 is 4.74 Å². The normalized spacial score (nSPS) is 42.8. The molecule has 0 aromatic heterocycles. The first kappa shape index (κ1) is 30.9. The molecule has 0 aromatic rings. The molecular weight excluding hydrogens is 428 g/mol. The summed E-state index contributed by atoms with van der Waals surface area (Å²) in [7, 11) is 0. The zero-order valence-electron chi connectivity index (χ0n) is 25.4. The summed E-state index contributed by atoms with van der Waals surface area (Å²) < 4.78 is 6.74. The Morgan fingerprint density at radius 2 is 1.57 bits per heavy atom. The lowest BCUT2D eigenvalue weighted by molar-refractivity contribution is -0.199. The van der Waals surface area contributed by atoms with E-state index in [-0.39, 0.29) is 23.5 Å². The van der Waals surface area contributed by atoms with Gasteiger partial charge in [0.05, 0.1) is 6.10 Å². The Morgan fingerprint density at radius 3 is 2.23 bits per heavy atom. The third-order valence-corrected chi connectivity index (χ3v) is 11.0. The quantitative estimate of drug-likeness (QED) is 0.346. The van der Waals surface area contributed by atoms with Crippen LogP contribution in [0.1, 0.15) is 146 Å². The maximum atomic E-state index is 13.9. The summed E-state index contributed by atoms with van der Waals surface area (Å²) in [4.78, 5) is 13.9. The molecule has 0 radical (unpaired) electrons. The van der Waals surface area contributed by atoms with Crippen LogP contribution in [0.3, 0.4) is 0 Å². The van der Waals surface area contributed by atoms with Gasteiger partial charge in [-0.25, -0.2) is 0 Å². The van der Waals surface area contributed by atoms with E-state index in [4.69, 9.17) is 4.74 Å². The van der Waals surface area contributed by atoms with E-state index in [1.807, 2.05) is 27.7 Å². The summed E-state index contributed by atoms with van der Waals surface area (Å²) in [6, 6.07) is 0. The van der Waals surface area contributed by atoms with Gasteiger partial charge in [0.1, 0.15) is 6.10 Å². The van der Waals surface area contributed by atoms with Crippen molar-refractivity contribution >= 4 is 5.78 Å². The molecule has 1 saturated heterocycles. The monoisotopic (exact) mass is 490 g/mol. The highest BCUT2D eigenvalue weighted by atomic mass is 16.5. The van der Waals surface area contributed by atoms with Crippen LogP contribution in [0.4, 0.5) is 0 Å². The molecule has 206 valence electrons. The topological polar surface area (TPSA) is 26.3 Å². The summed E-state index contributed by atoms with van der Waals surface area (Å²) in [6.45, 7) is 22.3. The number of ketones is 1. The van der Waals surface area contributed by atoms with Crippen LogP contribution in [0.25, 0.3) is 0 Å². The van der Waals surface area contributed by atoms with E-state index < -0.39 is 0 Å². The Labute approximate surface area is 220 Å². The average Bonchev–Trinajstić information content (AvgIpc) is 3.18. The van der Waals surface area contributed by atoms with E-state index >= 15 is 0 Å². The van der Waals surface area contributed by atoms with Crippen molar-refractivity contribution in [3.63, 3.8) is 0 Å². The molecule has 0 spiro atoms. The summed E-state index contributed by atoms with van der Waals surface area (Å²) in [6.07, 6.45) is 15.7. The minimum atomic E-state index is -0.134. The van der Waals surface area contributed by atoms with Gasteiger partial charge in [-0.3, -0.25) is 4.79 Å². The van der Waals surface area contributed by atoms with Gasteiger partial charge in [0.2, 0.25) is 0 Å². The Morgan fingerprint density at radius 1 is 0.886 bits per heavy atom. The van der Waals surface area contributed by atoms with Gasteiger partial charge in [-0.15, -0.1) is 0 Å². The Balaban J connectivity index is 0.00000103. The molecule has 9 atom stereocenters. The van der Waals surface area contributed by atoms with Crippen molar-refractivity contribution in [2.45, 2.75) is 158 Å². The second-order valence-electron chi connectivity index (χ2n) is 13.1. The van der Waals surface area contributed by atoms with Gasteiger partial charge in [-0.1, -0.05) is 94.4 Å². The molecule has 2 nitrogen and oxygen atoms in total. The maximum absolute atomic E-state index is 13.9. The van der Waals surface area contributed by atoms with Crippen LogP contribution in [-0.2, 0) is 9.53 Å². The first-order chi connectivity index (χ1) is 16.7. The van der Waals surface area contributed by atoms with Crippen LogP contribution >= 0.6 is 0 Å². The summed E-state index contributed by atoms with van der Waals surface area (Å²) in [5, 5.41) is 0. The molecule has 4 rings (SSSR count). The van der Waals surface area contributed by atoms with Gasteiger partial charge in [-0.05, 0) is 86.9 Å². The van der Waals surface area contributed by atoms with Crippen molar-refractivity contribution in [3.05, 3.63) is 0 Å². The standard InChI is InChI=1S/C29H50O2.2C2H6/c1-19(2)11-7-8-12-22-14-15-23-25(20(3)16-18-29(22,23)6)27-26(30)24-13-9-10-17-28(24,5)21(4)31-27;2*1-2/h19-25,27H,7-18H2,1-6H3;2*1-2H3/t20?,21-,22?,23?,24?,25?,27?,28?,29?;;/m1../s1. The van der Waals surface area contributed by atoms with Gasteiger partial charge >= 0.3 is 0 Å². The number of ether oxygens (including phenoxy) is 1. The van der Waals surface area contributed by atoms with Crippen molar-refractivity contribution in [1.82, 2.24) is 0 Å². The molecule has 4 aliphatic rings. The molecule has 0 amide bonds. The van der Waals surface area contributed by atoms with Crippen molar-refractivity contribution < 1.29 is 9.53 Å². The molecular formula is C33H62O2. The van der Waals surface area contributed by atoms with Gasteiger partial charge in [0.25, 0.3) is 0 Å². The predicted molar refractivity (Wildman–Crippen MR) is 152 cm³/mol. The number of carbonyl (C=O) groups excluding carboxylic acids is 1. The first-order valence-corrected chi connectivity index (χ1v) is 15.9. The van der Waals surface area contributed by atoms with Crippen LogP contribution < -0.4 is 0 Å². The molecule has 3 saturated carbocycles. The molecule has 0 aromatic carbocycles. The Hall–Kier alpha value is -0.370. The van der Waals surface area contributed by atoms with E-state index in [1.54, 1.807) is 0 Å². The summed E-state index contributed by atoms with van der Waals surface area (Å²) in [5.74, 6) is 4.16. The molecule has 2 heteroatoms. The van der Waals surface area contributed by atoms with Crippen molar-refractivity contribution in [3.8, 4) is 0 Å². The highest BCUT2D eigenvalue weighted by Gasteiger charge is 2.59. The number of rotatable bonds is 6. The molecule has 3 aliphatic carbocycles. The van der Waals surface area contributed by atoms with E-state index in [9.17, 15) is 4.79 Å². The first-order valence-electron chi connectivity index (χ1n) is 15.9.